The van der Waals surface area contributed by atoms with E-state index in [1.54, 1.807) is 30.9 Å². The lowest BCUT2D eigenvalue weighted by molar-refractivity contribution is -0.384. The van der Waals surface area contributed by atoms with Crippen LogP contribution in [0.2, 0.25) is 0 Å². The Morgan fingerprint density at radius 3 is 2.53 bits per heavy atom. The number of non-ortho nitro benzene ring substituents is 1. The third kappa shape index (κ3) is 5.77. The molecule has 0 bridgehead atoms. The maximum absolute atomic E-state index is 14.3. The summed E-state index contributed by atoms with van der Waals surface area (Å²) in [5, 5.41) is 10.9. The summed E-state index contributed by atoms with van der Waals surface area (Å²) in [5.74, 6) is 1.96. The molecule has 9 nitrogen and oxygen atoms in total. The normalized spacial score (nSPS) is 15.3. The molecule has 236 valence electrons. The second-order valence-corrected chi connectivity index (χ2v) is 13.0. The van der Waals surface area contributed by atoms with Gasteiger partial charge in [-0.3, -0.25) is 19.5 Å². The first-order valence-electron chi connectivity index (χ1n) is 14.9. The van der Waals surface area contributed by atoms with Gasteiger partial charge >= 0.3 is 0 Å². The average molecular weight is 711 g/mol. The first kappa shape index (κ1) is 30.6. The third-order valence-electron chi connectivity index (χ3n) is 8.40. The fourth-order valence-electron chi connectivity index (χ4n) is 6.10. The van der Waals surface area contributed by atoms with Crippen molar-refractivity contribution in [1.82, 2.24) is 4.57 Å². The molecule has 0 spiro atoms. The van der Waals surface area contributed by atoms with Gasteiger partial charge in [-0.25, -0.2) is 4.99 Å². The van der Waals surface area contributed by atoms with Crippen molar-refractivity contribution in [3.63, 3.8) is 0 Å². The largest absolute Gasteiger partial charge is 0.497 e. The Hall–Kier alpha value is -5.00. The number of ether oxygens (including phenoxy) is 3. The molecule has 0 unspecified atom stereocenters. The molecular weight excluding hydrogens is 682 g/mol. The maximum atomic E-state index is 14.3. The lowest BCUT2D eigenvalue weighted by Gasteiger charge is -2.31. The van der Waals surface area contributed by atoms with E-state index in [1.165, 1.54) is 29.0 Å². The number of aromatic nitrogens is 1. The molecule has 2 aliphatic rings. The molecule has 1 aromatic heterocycles. The predicted molar refractivity (Wildman–Crippen MR) is 184 cm³/mol. The van der Waals surface area contributed by atoms with Crippen LogP contribution < -0.4 is 29.1 Å². The van der Waals surface area contributed by atoms with Crippen molar-refractivity contribution in [2.75, 3.05) is 14.2 Å². The molecule has 1 aliphatic heterocycles. The molecule has 7 rings (SSSR count). The van der Waals surface area contributed by atoms with Crippen LogP contribution in [0.3, 0.4) is 0 Å². The smallest absolute Gasteiger partial charge is 0.271 e. The van der Waals surface area contributed by atoms with E-state index >= 15 is 0 Å². The van der Waals surface area contributed by atoms with Gasteiger partial charge in [0.25, 0.3) is 11.2 Å². The highest BCUT2D eigenvalue weighted by atomic mass is 79.9. The summed E-state index contributed by atoms with van der Waals surface area (Å²) in [4.78, 5) is 30.5. The summed E-state index contributed by atoms with van der Waals surface area (Å²) in [6.45, 7) is 0.246. The van der Waals surface area contributed by atoms with Gasteiger partial charge in [0.15, 0.2) is 4.80 Å². The van der Waals surface area contributed by atoms with Gasteiger partial charge in [-0.1, -0.05) is 41.7 Å². The minimum Gasteiger partial charge on any atom is -0.497 e. The molecule has 0 amide bonds. The van der Waals surface area contributed by atoms with E-state index in [0.29, 0.717) is 31.1 Å². The molecule has 0 N–H and O–H groups in total. The van der Waals surface area contributed by atoms with Gasteiger partial charge in [0.2, 0.25) is 0 Å². The third-order valence-corrected chi connectivity index (χ3v) is 10.0. The van der Waals surface area contributed by atoms with Crippen LogP contribution in [0.5, 0.6) is 17.2 Å². The van der Waals surface area contributed by atoms with Gasteiger partial charge in [0.1, 0.15) is 23.9 Å². The number of nitro benzene ring substituents is 1. The fourth-order valence-corrected chi connectivity index (χ4v) is 7.61. The molecule has 0 fully saturated rings. The van der Waals surface area contributed by atoms with Gasteiger partial charge in [0.05, 0.1) is 39.9 Å². The molecule has 0 saturated carbocycles. The van der Waals surface area contributed by atoms with Crippen molar-refractivity contribution in [3.8, 4) is 17.2 Å². The van der Waals surface area contributed by atoms with Crippen molar-refractivity contribution in [3.05, 3.63) is 153 Å². The van der Waals surface area contributed by atoms with Gasteiger partial charge in [-0.15, -0.1) is 0 Å². The Labute approximate surface area is 282 Å². The number of methoxy groups -OCH3 is 2. The van der Waals surface area contributed by atoms with Crippen LogP contribution in [0.15, 0.2) is 105 Å². The van der Waals surface area contributed by atoms with E-state index in [9.17, 15) is 14.9 Å². The van der Waals surface area contributed by atoms with Crippen LogP contribution in [0.1, 0.15) is 40.3 Å². The molecule has 5 aromatic rings. The number of thiazole rings is 1. The Balaban J connectivity index is 1.29. The highest BCUT2D eigenvalue weighted by Crippen LogP contribution is 2.44. The minimum atomic E-state index is -0.431. The standard InChI is InChI=1S/C36H28BrN3O6S/c1-44-25-13-16-30(45-2)28(19-25)34-27-14-10-23-5-3-4-6-26(23)33(27)38-36-39(34)35(41)32(47-36)18-22-9-15-31(29(37)17-22)46-20-21-7-11-24(12-8-21)40(42)43/h3-9,11-13,15-19,34H,10,14,20H2,1-2H3/t34-/m1/s1. The van der Waals surface area contributed by atoms with Crippen LogP contribution in [0.25, 0.3) is 11.8 Å². The van der Waals surface area contributed by atoms with E-state index in [1.807, 2.05) is 54.6 Å². The van der Waals surface area contributed by atoms with E-state index in [4.69, 9.17) is 19.2 Å². The summed E-state index contributed by atoms with van der Waals surface area (Å²) in [6.07, 6.45) is 3.48. The topological polar surface area (TPSA) is 105 Å². The molecule has 0 saturated heterocycles. The van der Waals surface area contributed by atoms with Crippen LogP contribution in [-0.2, 0) is 13.0 Å². The summed E-state index contributed by atoms with van der Waals surface area (Å²) >= 11 is 4.96. The lowest BCUT2D eigenvalue weighted by Crippen LogP contribution is -2.39. The molecule has 2 heterocycles. The van der Waals surface area contributed by atoms with Gasteiger partial charge < -0.3 is 14.2 Å². The molecule has 4 aromatic carbocycles. The van der Waals surface area contributed by atoms with Gasteiger partial charge in [-0.05, 0) is 99.6 Å². The highest BCUT2D eigenvalue weighted by molar-refractivity contribution is 9.10. The highest BCUT2D eigenvalue weighted by Gasteiger charge is 2.34. The second-order valence-electron chi connectivity index (χ2n) is 11.1. The molecule has 0 radical (unpaired) electrons. The lowest BCUT2D eigenvalue weighted by atomic mass is 9.83. The monoisotopic (exact) mass is 709 g/mol. The summed E-state index contributed by atoms with van der Waals surface area (Å²) < 4.78 is 20.4. The van der Waals surface area contributed by atoms with E-state index < -0.39 is 11.0 Å². The molecule has 1 aliphatic carbocycles. The number of halogens is 1. The van der Waals surface area contributed by atoms with Crippen LogP contribution in [0.4, 0.5) is 5.69 Å². The SMILES string of the molecule is COc1ccc(OC)c([C@H]2C3=C(N=c4sc(=Cc5ccc(OCc6ccc([N+](=O)[O-])cc6)c(Br)c5)c(=O)n42)c2ccccc2CC3)c1. The van der Waals surface area contributed by atoms with Gasteiger partial charge in [0, 0.05) is 23.3 Å². The molecule has 47 heavy (non-hydrogen) atoms. The van der Waals surface area contributed by atoms with Crippen molar-refractivity contribution in [2.24, 2.45) is 4.99 Å². The Morgan fingerprint density at radius 1 is 1.00 bits per heavy atom. The number of nitro groups is 1. The van der Waals surface area contributed by atoms with E-state index in [0.717, 1.165) is 46.4 Å². The predicted octanol–water partition coefficient (Wildman–Crippen LogP) is 6.59. The van der Waals surface area contributed by atoms with Crippen molar-refractivity contribution in [2.45, 2.75) is 25.5 Å². The Morgan fingerprint density at radius 2 is 1.79 bits per heavy atom. The van der Waals surface area contributed by atoms with Crippen molar-refractivity contribution >= 4 is 44.7 Å². The summed E-state index contributed by atoms with van der Waals surface area (Å²) in [5.41, 5.74) is 6.68. The van der Waals surface area contributed by atoms with Crippen molar-refractivity contribution < 1.29 is 19.1 Å². The second kappa shape index (κ2) is 12.7. The zero-order valence-electron chi connectivity index (χ0n) is 25.4. The van der Waals surface area contributed by atoms with Crippen LogP contribution >= 0.6 is 27.3 Å². The van der Waals surface area contributed by atoms with E-state index in [2.05, 4.69) is 28.1 Å². The van der Waals surface area contributed by atoms with Crippen molar-refractivity contribution in [1.29, 1.82) is 0 Å². The molecular formula is C36H28BrN3O6S. The fraction of sp³-hybridized carbons (Fsp3) is 0.167. The number of benzene rings is 4. The van der Waals surface area contributed by atoms with Crippen LogP contribution in [-0.4, -0.2) is 23.7 Å². The van der Waals surface area contributed by atoms with Gasteiger partial charge in [-0.2, -0.15) is 0 Å². The summed E-state index contributed by atoms with van der Waals surface area (Å²) in [6, 6.07) is 25.5. The molecule has 11 heteroatoms. The number of hydrogen-bond acceptors (Lipinski definition) is 8. The van der Waals surface area contributed by atoms with Crippen LogP contribution in [0, 0.1) is 10.1 Å². The first-order valence-corrected chi connectivity index (χ1v) is 16.5. The zero-order chi connectivity index (χ0) is 32.7. The zero-order valence-corrected chi connectivity index (χ0v) is 27.8. The maximum Gasteiger partial charge on any atom is 0.271 e. The first-order chi connectivity index (χ1) is 22.8. The number of fused-ring (bicyclic) bond motifs is 3. The average Bonchev–Trinajstić information content (AvgIpc) is 3.40. The summed E-state index contributed by atoms with van der Waals surface area (Å²) in [7, 11) is 3.26. The molecule has 1 atom stereocenters. The Kier molecular flexibility index (Phi) is 8.25. The number of rotatable bonds is 8. The quantitative estimate of drug-likeness (QED) is 0.133. The number of hydrogen-bond donors (Lipinski definition) is 0. The minimum absolute atomic E-state index is 0.0310. The number of nitrogens with zero attached hydrogens (tertiary/aromatic N) is 3. The van der Waals surface area contributed by atoms with E-state index in [-0.39, 0.29) is 17.9 Å². The number of aryl methyl sites for hydroxylation is 1. The Bertz CT molecular complexity index is 2260. The number of allylic oxidation sites excluding steroid dienone is 1.